The van der Waals surface area contributed by atoms with Gasteiger partial charge in [-0.2, -0.15) is 0 Å². The Balaban J connectivity index is 2.37. The number of nitrogens with zero attached hydrogens (tertiary/aromatic N) is 2. The van der Waals surface area contributed by atoms with Crippen LogP contribution in [0.3, 0.4) is 0 Å². The molecule has 1 saturated carbocycles. The van der Waals surface area contributed by atoms with Gasteiger partial charge in [-0.3, -0.25) is 0 Å². The summed E-state index contributed by atoms with van der Waals surface area (Å²) in [6.07, 6.45) is 6.96. The minimum atomic E-state index is 0.508. The van der Waals surface area contributed by atoms with Gasteiger partial charge in [0.05, 0.1) is 6.61 Å². The zero-order chi connectivity index (χ0) is 14.3. The van der Waals surface area contributed by atoms with Gasteiger partial charge < -0.3 is 14.5 Å². The Morgan fingerprint density at radius 3 is 2.16 bits per heavy atom. The third kappa shape index (κ3) is 5.80. The molecule has 0 spiro atoms. The smallest absolute Gasteiger partial charge is 0.0633 e. The lowest BCUT2D eigenvalue weighted by Crippen LogP contribution is -2.46. The minimum Gasteiger partial charge on any atom is -0.380 e. The summed E-state index contributed by atoms with van der Waals surface area (Å²) in [5.41, 5.74) is 0. The Morgan fingerprint density at radius 2 is 1.68 bits per heavy atom. The molecule has 114 valence electrons. The fourth-order valence-electron chi connectivity index (χ4n) is 3.09. The third-order valence-corrected chi connectivity index (χ3v) is 4.76. The molecule has 0 amide bonds. The van der Waals surface area contributed by atoms with Crippen molar-refractivity contribution < 1.29 is 4.74 Å². The van der Waals surface area contributed by atoms with E-state index in [1.54, 1.807) is 0 Å². The summed E-state index contributed by atoms with van der Waals surface area (Å²) < 4.78 is 5.61. The van der Waals surface area contributed by atoms with E-state index in [4.69, 9.17) is 4.74 Å². The van der Waals surface area contributed by atoms with Gasteiger partial charge >= 0.3 is 0 Å². The molecular formula is C16H34N2O. The van der Waals surface area contributed by atoms with Crippen LogP contribution in [-0.4, -0.2) is 62.8 Å². The van der Waals surface area contributed by atoms with Gasteiger partial charge in [-0.25, -0.2) is 0 Å². The van der Waals surface area contributed by atoms with Gasteiger partial charge in [-0.1, -0.05) is 13.3 Å². The van der Waals surface area contributed by atoms with E-state index in [-0.39, 0.29) is 0 Å². The first-order valence-corrected chi connectivity index (χ1v) is 8.02. The van der Waals surface area contributed by atoms with Gasteiger partial charge in [0.2, 0.25) is 0 Å². The average molecular weight is 270 g/mol. The van der Waals surface area contributed by atoms with E-state index in [2.05, 4.69) is 44.8 Å². The van der Waals surface area contributed by atoms with Gasteiger partial charge in [0, 0.05) is 25.2 Å². The third-order valence-electron chi connectivity index (χ3n) is 4.76. The Morgan fingerprint density at radius 1 is 1.05 bits per heavy atom. The molecule has 1 fully saturated rings. The number of hydrogen-bond donors (Lipinski definition) is 0. The molecule has 0 aromatic carbocycles. The minimum absolute atomic E-state index is 0.508. The predicted molar refractivity (Wildman–Crippen MR) is 82.6 cm³/mol. The molecule has 0 aromatic rings. The van der Waals surface area contributed by atoms with Crippen LogP contribution in [-0.2, 0) is 4.74 Å². The summed E-state index contributed by atoms with van der Waals surface area (Å²) in [4.78, 5) is 4.86. The van der Waals surface area contributed by atoms with E-state index in [0.717, 1.165) is 31.7 Å². The van der Waals surface area contributed by atoms with Gasteiger partial charge in [0.15, 0.2) is 0 Å². The highest BCUT2D eigenvalue weighted by molar-refractivity contribution is 4.80. The van der Waals surface area contributed by atoms with Crippen molar-refractivity contribution in [2.45, 2.75) is 58.0 Å². The molecule has 19 heavy (non-hydrogen) atoms. The molecular weight excluding hydrogens is 236 g/mol. The van der Waals surface area contributed by atoms with Crippen molar-refractivity contribution in [3.8, 4) is 0 Å². The molecule has 1 atom stereocenters. The summed E-state index contributed by atoms with van der Waals surface area (Å²) in [7, 11) is 6.61. The molecule has 0 N–H and O–H groups in total. The second-order valence-corrected chi connectivity index (χ2v) is 6.30. The molecule has 1 aliphatic carbocycles. The van der Waals surface area contributed by atoms with E-state index in [1.807, 2.05) is 0 Å². The van der Waals surface area contributed by atoms with Crippen LogP contribution in [0.2, 0.25) is 0 Å². The predicted octanol–water partition coefficient (Wildman–Crippen LogP) is 2.85. The monoisotopic (exact) mass is 270 g/mol. The first-order chi connectivity index (χ1) is 9.08. The van der Waals surface area contributed by atoms with Crippen LogP contribution < -0.4 is 0 Å². The van der Waals surface area contributed by atoms with Crippen molar-refractivity contribution in [1.29, 1.82) is 0 Å². The zero-order valence-electron chi connectivity index (χ0n) is 13.7. The van der Waals surface area contributed by atoms with E-state index in [0.29, 0.717) is 6.04 Å². The molecule has 0 radical (unpaired) electrons. The van der Waals surface area contributed by atoms with Crippen LogP contribution in [0.25, 0.3) is 0 Å². The van der Waals surface area contributed by atoms with Gasteiger partial charge in [0.1, 0.15) is 0 Å². The first-order valence-electron chi connectivity index (χ1n) is 8.02. The summed E-state index contributed by atoms with van der Waals surface area (Å²) in [6.45, 7) is 7.18. The Bertz CT molecular complexity index is 225. The van der Waals surface area contributed by atoms with Crippen LogP contribution in [0.5, 0.6) is 0 Å². The van der Waals surface area contributed by atoms with Gasteiger partial charge in [-0.05, 0) is 59.7 Å². The number of hydrogen-bond acceptors (Lipinski definition) is 3. The van der Waals surface area contributed by atoms with Crippen LogP contribution in [0.15, 0.2) is 0 Å². The van der Waals surface area contributed by atoms with Crippen molar-refractivity contribution in [2.24, 2.45) is 5.92 Å². The fourth-order valence-corrected chi connectivity index (χ4v) is 3.09. The molecule has 1 aliphatic rings. The molecule has 3 nitrogen and oxygen atoms in total. The van der Waals surface area contributed by atoms with Crippen molar-refractivity contribution >= 4 is 0 Å². The van der Waals surface area contributed by atoms with E-state index in [9.17, 15) is 0 Å². The second kappa shape index (κ2) is 8.93. The van der Waals surface area contributed by atoms with Crippen LogP contribution in [0.4, 0.5) is 0 Å². The number of rotatable bonds is 8. The molecule has 0 heterocycles. The van der Waals surface area contributed by atoms with E-state index >= 15 is 0 Å². The van der Waals surface area contributed by atoms with Crippen molar-refractivity contribution in [2.75, 3.05) is 40.9 Å². The van der Waals surface area contributed by atoms with Crippen molar-refractivity contribution in [3.05, 3.63) is 0 Å². The number of likely N-dealkylation sites (N-methyl/N-ethyl adjacent to an activating group) is 2. The zero-order valence-corrected chi connectivity index (χ0v) is 13.7. The second-order valence-electron chi connectivity index (χ2n) is 6.30. The normalized spacial score (nSPS) is 26.1. The van der Waals surface area contributed by atoms with Crippen molar-refractivity contribution in [1.82, 2.24) is 9.80 Å². The van der Waals surface area contributed by atoms with Crippen LogP contribution >= 0.6 is 0 Å². The maximum absolute atomic E-state index is 5.61. The van der Waals surface area contributed by atoms with E-state index < -0.39 is 0 Å². The maximum atomic E-state index is 5.61. The van der Waals surface area contributed by atoms with Gasteiger partial charge in [-0.15, -0.1) is 0 Å². The number of ether oxygens (including phenoxy) is 1. The van der Waals surface area contributed by atoms with Crippen molar-refractivity contribution in [3.63, 3.8) is 0 Å². The topological polar surface area (TPSA) is 15.7 Å². The highest BCUT2D eigenvalue weighted by Crippen LogP contribution is 2.29. The molecule has 0 bridgehead atoms. The summed E-state index contributed by atoms with van der Waals surface area (Å²) in [5, 5.41) is 0. The van der Waals surface area contributed by atoms with Crippen LogP contribution in [0.1, 0.15) is 46.0 Å². The quantitative estimate of drug-likeness (QED) is 0.674. The lowest BCUT2D eigenvalue weighted by molar-refractivity contribution is 0.0561. The molecule has 1 unspecified atom stereocenters. The maximum Gasteiger partial charge on any atom is 0.0633 e. The van der Waals surface area contributed by atoms with Gasteiger partial charge in [0.25, 0.3) is 0 Å². The Kier molecular flexibility index (Phi) is 7.96. The summed E-state index contributed by atoms with van der Waals surface area (Å²) >= 11 is 0. The molecule has 0 saturated heterocycles. The highest BCUT2D eigenvalue weighted by Gasteiger charge is 2.25. The molecule has 0 aliphatic heterocycles. The Hall–Kier alpha value is -0.120. The standard InChI is InChI=1S/C16H34N2O/c1-6-14-8-10-15(11-9-14)18(5)12-16(17(3)4)13-19-7-2/h14-16H,6-13H2,1-5H3. The van der Waals surface area contributed by atoms with Crippen LogP contribution in [0, 0.1) is 5.92 Å². The molecule has 1 rings (SSSR count). The average Bonchev–Trinajstić information content (AvgIpc) is 2.43. The fraction of sp³-hybridized carbons (Fsp3) is 1.00. The van der Waals surface area contributed by atoms with E-state index in [1.165, 1.54) is 32.1 Å². The largest absolute Gasteiger partial charge is 0.380 e. The highest BCUT2D eigenvalue weighted by atomic mass is 16.5. The lowest BCUT2D eigenvalue weighted by Gasteiger charge is -2.37. The lowest BCUT2D eigenvalue weighted by atomic mass is 9.84. The summed E-state index contributed by atoms with van der Waals surface area (Å²) in [6, 6.07) is 1.29. The molecule has 3 heteroatoms. The Labute approximate surface area is 120 Å². The first kappa shape index (κ1) is 16.9. The summed E-state index contributed by atoms with van der Waals surface area (Å²) in [5.74, 6) is 0.984. The SMILES string of the molecule is CCOCC(CN(C)C1CCC(CC)CC1)N(C)C. The molecule has 0 aromatic heterocycles.